The molecule has 3 rings (SSSR count). The van der Waals surface area contributed by atoms with E-state index in [0.717, 1.165) is 30.2 Å². The number of anilines is 1. The number of para-hydroxylation sites is 1. The van der Waals surface area contributed by atoms with E-state index in [9.17, 15) is 4.79 Å². The highest BCUT2D eigenvalue weighted by atomic mass is 35.5. The average Bonchev–Trinajstić information content (AvgIpc) is 3.11. The third-order valence-corrected chi connectivity index (χ3v) is 5.88. The lowest BCUT2D eigenvalue weighted by Crippen LogP contribution is -2.27. The summed E-state index contributed by atoms with van der Waals surface area (Å²) >= 11 is 1.64. The van der Waals surface area contributed by atoms with Gasteiger partial charge in [-0.3, -0.25) is 4.79 Å². The molecule has 27 heavy (non-hydrogen) atoms. The Bertz CT molecular complexity index is 728. The van der Waals surface area contributed by atoms with Crippen molar-refractivity contribution in [1.82, 2.24) is 4.90 Å². The van der Waals surface area contributed by atoms with Crippen molar-refractivity contribution in [2.24, 2.45) is 11.7 Å². The molecule has 1 saturated heterocycles. The van der Waals surface area contributed by atoms with Crippen molar-refractivity contribution in [2.45, 2.75) is 17.2 Å². The van der Waals surface area contributed by atoms with Gasteiger partial charge in [0.05, 0.1) is 5.69 Å². The van der Waals surface area contributed by atoms with Gasteiger partial charge in [0.1, 0.15) is 0 Å². The number of hydrogen-bond donors (Lipinski definition) is 2. The predicted octanol–water partition coefficient (Wildman–Crippen LogP) is 3.83. The molecule has 0 aromatic heterocycles. The Labute approximate surface area is 172 Å². The van der Waals surface area contributed by atoms with Gasteiger partial charge in [0.25, 0.3) is 0 Å². The van der Waals surface area contributed by atoms with Gasteiger partial charge in [-0.1, -0.05) is 42.5 Å². The van der Waals surface area contributed by atoms with Crippen molar-refractivity contribution >= 4 is 35.8 Å². The summed E-state index contributed by atoms with van der Waals surface area (Å²) in [7, 11) is 0. The second-order valence-corrected chi connectivity index (χ2v) is 7.62. The van der Waals surface area contributed by atoms with Gasteiger partial charge in [-0.2, -0.15) is 0 Å². The molecule has 1 fully saturated rings. The Balaban J connectivity index is 0.00000261. The predicted molar refractivity (Wildman–Crippen MR) is 117 cm³/mol. The lowest BCUT2D eigenvalue weighted by Gasteiger charge is -2.17. The van der Waals surface area contributed by atoms with E-state index in [-0.39, 0.29) is 18.3 Å². The monoisotopic (exact) mass is 405 g/mol. The largest absolute Gasteiger partial charge is 0.330 e. The van der Waals surface area contributed by atoms with Gasteiger partial charge in [-0.15, -0.1) is 24.2 Å². The Morgan fingerprint density at radius 2 is 1.85 bits per heavy atom. The van der Waals surface area contributed by atoms with Crippen molar-refractivity contribution in [3.05, 3.63) is 60.2 Å². The van der Waals surface area contributed by atoms with E-state index in [2.05, 4.69) is 34.5 Å². The molecule has 0 saturated carbocycles. The number of benzene rings is 2. The molecule has 2 aromatic rings. The second-order valence-electron chi connectivity index (χ2n) is 6.77. The molecule has 1 aliphatic rings. The summed E-state index contributed by atoms with van der Waals surface area (Å²) < 4.78 is 0. The molecule has 4 nitrogen and oxygen atoms in total. The number of hydrogen-bond acceptors (Lipinski definition) is 4. The van der Waals surface area contributed by atoms with E-state index in [1.165, 1.54) is 5.56 Å². The molecule has 0 bridgehead atoms. The van der Waals surface area contributed by atoms with Gasteiger partial charge in [-0.05, 0) is 36.4 Å². The summed E-state index contributed by atoms with van der Waals surface area (Å²) in [5, 5.41) is 3.04. The smallest absolute Gasteiger partial charge is 0.225 e. The summed E-state index contributed by atoms with van der Waals surface area (Å²) in [4.78, 5) is 15.8. The lowest BCUT2D eigenvalue weighted by atomic mass is 9.89. The SMILES string of the molecule is CSc1ccccc1NC(=O)CCN1C[C@@H](CN)[C@H](c2ccccc2)C1.Cl. The van der Waals surface area contributed by atoms with Gasteiger partial charge >= 0.3 is 0 Å². The maximum absolute atomic E-state index is 12.4. The molecule has 0 unspecified atom stereocenters. The van der Waals surface area contributed by atoms with Crippen molar-refractivity contribution < 1.29 is 4.79 Å². The molecule has 3 N–H and O–H groups in total. The Kier molecular flexibility index (Phi) is 8.64. The van der Waals surface area contributed by atoms with Crippen LogP contribution in [0.2, 0.25) is 0 Å². The molecule has 1 aliphatic heterocycles. The third kappa shape index (κ3) is 5.72. The minimum absolute atomic E-state index is 0. The minimum atomic E-state index is 0. The van der Waals surface area contributed by atoms with Gasteiger partial charge in [0, 0.05) is 36.9 Å². The van der Waals surface area contributed by atoms with Crippen molar-refractivity contribution in [2.75, 3.05) is 37.8 Å². The van der Waals surface area contributed by atoms with Crippen LogP contribution >= 0.6 is 24.2 Å². The minimum Gasteiger partial charge on any atom is -0.330 e. The van der Waals surface area contributed by atoms with Crippen LogP contribution in [0.4, 0.5) is 5.69 Å². The summed E-state index contributed by atoms with van der Waals surface area (Å²) in [6, 6.07) is 18.5. The molecule has 146 valence electrons. The number of carbonyl (C=O) groups excluding carboxylic acids is 1. The number of nitrogens with zero attached hydrogens (tertiary/aromatic N) is 1. The normalized spacial score (nSPS) is 19.5. The summed E-state index contributed by atoms with van der Waals surface area (Å²) in [6.45, 7) is 3.39. The van der Waals surface area contributed by atoms with E-state index >= 15 is 0 Å². The molecule has 1 heterocycles. The number of carbonyl (C=O) groups is 1. The zero-order valence-corrected chi connectivity index (χ0v) is 17.3. The fraction of sp³-hybridized carbons (Fsp3) is 0.381. The van der Waals surface area contributed by atoms with E-state index < -0.39 is 0 Å². The zero-order chi connectivity index (χ0) is 18.4. The van der Waals surface area contributed by atoms with Crippen LogP contribution in [-0.2, 0) is 4.79 Å². The number of nitrogens with one attached hydrogen (secondary N) is 1. The van der Waals surface area contributed by atoms with Crippen molar-refractivity contribution in [1.29, 1.82) is 0 Å². The first kappa shape index (κ1) is 21.8. The highest BCUT2D eigenvalue weighted by Gasteiger charge is 2.32. The molecule has 0 radical (unpaired) electrons. The summed E-state index contributed by atoms with van der Waals surface area (Å²) in [5.74, 6) is 0.984. The fourth-order valence-electron chi connectivity index (χ4n) is 3.68. The van der Waals surface area contributed by atoms with Crippen molar-refractivity contribution in [3.63, 3.8) is 0 Å². The number of likely N-dealkylation sites (tertiary alicyclic amines) is 1. The van der Waals surface area contributed by atoms with E-state index in [4.69, 9.17) is 5.73 Å². The van der Waals surface area contributed by atoms with E-state index in [1.807, 2.05) is 36.6 Å². The van der Waals surface area contributed by atoms with Crippen LogP contribution in [0.3, 0.4) is 0 Å². The Hall–Kier alpha value is -1.53. The standard InChI is InChI=1S/C21H27N3OS.ClH/c1-26-20-10-6-5-9-19(20)23-21(25)11-12-24-14-17(13-22)18(15-24)16-7-3-2-4-8-16;/h2-10,17-18H,11-15,22H2,1H3,(H,23,25);1H/t17-,18+;/m1./s1. The lowest BCUT2D eigenvalue weighted by molar-refractivity contribution is -0.116. The molecule has 0 spiro atoms. The highest BCUT2D eigenvalue weighted by Crippen LogP contribution is 2.32. The van der Waals surface area contributed by atoms with Crippen LogP contribution in [0.1, 0.15) is 17.9 Å². The van der Waals surface area contributed by atoms with Crippen LogP contribution in [0.5, 0.6) is 0 Å². The first-order valence-corrected chi connectivity index (χ1v) is 10.3. The molecule has 2 atom stereocenters. The number of amides is 1. The van der Waals surface area contributed by atoms with E-state index in [0.29, 0.717) is 24.8 Å². The Morgan fingerprint density at radius 3 is 2.56 bits per heavy atom. The van der Waals surface area contributed by atoms with Crippen LogP contribution in [0.15, 0.2) is 59.5 Å². The third-order valence-electron chi connectivity index (χ3n) is 5.08. The van der Waals surface area contributed by atoms with Gasteiger partial charge in [0.2, 0.25) is 5.91 Å². The number of halogens is 1. The summed E-state index contributed by atoms with van der Waals surface area (Å²) in [5.41, 5.74) is 8.25. The topological polar surface area (TPSA) is 58.4 Å². The van der Waals surface area contributed by atoms with Crippen molar-refractivity contribution in [3.8, 4) is 0 Å². The van der Waals surface area contributed by atoms with Crippen LogP contribution in [-0.4, -0.2) is 43.2 Å². The molecule has 6 heteroatoms. The fourth-order valence-corrected chi connectivity index (χ4v) is 4.23. The second kappa shape index (κ2) is 10.7. The molecular formula is C21H28ClN3OS. The number of thioether (sulfide) groups is 1. The molecule has 2 aromatic carbocycles. The summed E-state index contributed by atoms with van der Waals surface area (Å²) in [6.07, 6.45) is 2.52. The van der Waals surface area contributed by atoms with Crippen LogP contribution in [0.25, 0.3) is 0 Å². The first-order valence-electron chi connectivity index (χ1n) is 9.11. The zero-order valence-electron chi connectivity index (χ0n) is 15.6. The van der Waals surface area contributed by atoms with Gasteiger partial charge in [-0.25, -0.2) is 0 Å². The molecule has 1 amide bonds. The van der Waals surface area contributed by atoms with Crippen LogP contribution in [0, 0.1) is 5.92 Å². The number of rotatable bonds is 7. The van der Waals surface area contributed by atoms with Crippen LogP contribution < -0.4 is 11.1 Å². The average molecular weight is 406 g/mol. The maximum atomic E-state index is 12.4. The first-order chi connectivity index (χ1) is 12.7. The van der Waals surface area contributed by atoms with Gasteiger partial charge in [0.15, 0.2) is 0 Å². The van der Waals surface area contributed by atoms with Gasteiger partial charge < -0.3 is 16.0 Å². The maximum Gasteiger partial charge on any atom is 0.225 e. The Morgan fingerprint density at radius 1 is 1.15 bits per heavy atom. The highest BCUT2D eigenvalue weighted by molar-refractivity contribution is 7.98. The molecular weight excluding hydrogens is 378 g/mol. The quantitative estimate of drug-likeness (QED) is 0.687. The number of nitrogens with two attached hydrogens (primary N) is 1. The van der Waals surface area contributed by atoms with E-state index in [1.54, 1.807) is 11.8 Å². The molecule has 0 aliphatic carbocycles.